The molecule has 0 aliphatic heterocycles. The minimum Gasteiger partial charge on any atom is -0.648 e. The van der Waals surface area contributed by atoms with Crippen molar-refractivity contribution in [1.82, 2.24) is 0 Å². The van der Waals surface area contributed by atoms with Gasteiger partial charge in [0.2, 0.25) is 0 Å². The maximum Gasteiger partial charge on any atom is 3.00 e. The van der Waals surface area contributed by atoms with Crippen molar-refractivity contribution >= 4 is 5.91 Å². The molecule has 2 rings (SSSR count). The summed E-state index contributed by atoms with van der Waals surface area (Å²) in [7, 11) is 0. The maximum absolute atomic E-state index is 11.6. The minimum absolute atomic E-state index is 0. The van der Waals surface area contributed by atoms with E-state index in [1.165, 1.54) is 64.2 Å². The number of carbonyl (C=O) groups is 1. The molecule has 2 aliphatic carbocycles. The second-order valence-electron chi connectivity index (χ2n) is 6.53. The van der Waals surface area contributed by atoms with Crippen LogP contribution >= 0.6 is 0 Å². The first-order valence-corrected chi connectivity index (χ1v) is 7.86. The summed E-state index contributed by atoms with van der Waals surface area (Å²) in [5, 5.41) is 4.62. The molecular weight excluding hydrogens is 311 g/mol. The predicted molar refractivity (Wildman–Crippen MR) is 75.6 cm³/mol. The summed E-state index contributed by atoms with van der Waals surface area (Å²) >= 11 is 0. The molecule has 0 saturated heterocycles. The molecule has 0 aromatic heterocycles. The Hall–Kier alpha value is 0.574. The number of hydrogen-bond acceptors (Lipinski definition) is 1. The summed E-state index contributed by atoms with van der Waals surface area (Å²) in [6.07, 6.45) is 13.2. The first kappa shape index (κ1) is 17.6. The van der Waals surface area contributed by atoms with E-state index in [9.17, 15) is 4.79 Å². The van der Waals surface area contributed by atoms with Crippen molar-refractivity contribution in [3.05, 3.63) is 5.32 Å². The molecule has 3 heteroatoms. The van der Waals surface area contributed by atoms with Gasteiger partial charge >= 0.3 is 32.7 Å². The van der Waals surface area contributed by atoms with Gasteiger partial charge < -0.3 is 10.1 Å². The summed E-state index contributed by atoms with van der Waals surface area (Å²) in [5.41, 5.74) is -0.0628. The Morgan fingerprint density at radius 1 is 0.895 bits per heavy atom. The van der Waals surface area contributed by atoms with Crippen LogP contribution in [0.1, 0.15) is 78.1 Å². The number of nitrogens with zero attached hydrogens (tertiary/aromatic N) is 1. The van der Waals surface area contributed by atoms with E-state index in [0.717, 1.165) is 0 Å². The van der Waals surface area contributed by atoms with Gasteiger partial charge in [0.15, 0.2) is 0 Å². The van der Waals surface area contributed by atoms with E-state index in [2.05, 4.69) is 12.2 Å². The van der Waals surface area contributed by atoms with Gasteiger partial charge in [-0.1, -0.05) is 83.0 Å². The van der Waals surface area contributed by atoms with Crippen LogP contribution in [0.15, 0.2) is 0 Å². The van der Waals surface area contributed by atoms with Crippen molar-refractivity contribution < 1.29 is 37.5 Å². The largest absolute Gasteiger partial charge is 3.00 e. The molecule has 104 valence electrons. The zero-order valence-corrected chi connectivity index (χ0v) is 15.5. The molecule has 0 aromatic rings. The SMILES string of the molecule is CC(=O)[N-]C(C)(C1CCCCC1)C1CCCCC1.[Y+3]. The molecule has 19 heavy (non-hydrogen) atoms. The third-order valence-corrected chi connectivity index (χ3v) is 5.26. The Balaban J connectivity index is 0.00000180. The van der Waals surface area contributed by atoms with Crippen LogP contribution in [-0.4, -0.2) is 11.4 Å². The van der Waals surface area contributed by atoms with Crippen LogP contribution in [0.5, 0.6) is 0 Å². The molecule has 0 atom stereocenters. The first-order valence-electron chi connectivity index (χ1n) is 7.86. The van der Waals surface area contributed by atoms with Gasteiger partial charge in [-0.25, -0.2) is 0 Å². The van der Waals surface area contributed by atoms with Gasteiger partial charge in [-0.05, 0) is 6.92 Å². The Labute approximate surface area is 143 Å². The molecular formula is C16H28NOY+2. The van der Waals surface area contributed by atoms with Gasteiger partial charge in [-0.15, -0.1) is 5.54 Å². The Morgan fingerprint density at radius 2 is 1.26 bits per heavy atom. The maximum atomic E-state index is 11.6. The first-order chi connectivity index (χ1) is 8.63. The molecule has 2 fully saturated rings. The van der Waals surface area contributed by atoms with E-state index >= 15 is 0 Å². The van der Waals surface area contributed by atoms with Crippen molar-refractivity contribution in [2.75, 3.05) is 0 Å². The van der Waals surface area contributed by atoms with Gasteiger partial charge in [0, 0.05) is 5.91 Å². The summed E-state index contributed by atoms with van der Waals surface area (Å²) in [6.45, 7) is 3.91. The summed E-state index contributed by atoms with van der Waals surface area (Å²) in [5.74, 6) is 1.34. The second kappa shape index (κ2) is 8.12. The van der Waals surface area contributed by atoms with Gasteiger partial charge in [-0.3, -0.25) is 0 Å². The normalized spacial score (nSPS) is 22.6. The fraction of sp³-hybridized carbons (Fsp3) is 0.938. The van der Waals surface area contributed by atoms with Crippen molar-refractivity contribution in [3.8, 4) is 0 Å². The minimum atomic E-state index is -0.0628. The third-order valence-electron chi connectivity index (χ3n) is 5.26. The number of hydrogen-bond donors (Lipinski definition) is 0. The molecule has 1 amide bonds. The smallest absolute Gasteiger partial charge is 0.648 e. The van der Waals surface area contributed by atoms with Crippen LogP contribution in [0.4, 0.5) is 0 Å². The fourth-order valence-electron chi connectivity index (χ4n) is 4.23. The summed E-state index contributed by atoms with van der Waals surface area (Å²) in [6, 6.07) is 0. The Bertz CT molecular complexity index is 262. The van der Waals surface area contributed by atoms with Crippen LogP contribution in [-0.2, 0) is 37.5 Å². The van der Waals surface area contributed by atoms with Gasteiger partial charge in [0.25, 0.3) is 0 Å². The average molecular weight is 339 g/mol. The van der Waals surface area contributed by atoms with Crippen LogP contribution < -0.4 is 0 Å². The van der Waals surface area contributed by atoms with Crippen LogP contribution in [0, 0.1) is 11.8 Å². The summed E-state index contributed by atoms with van der Waals surface area (Å²) in [4.78, 5) is 11.6. The molecule has 2 nitrogen and oxygen atoms in total. The predicted octanol–water partition coefficient (Wildman–Crippen LogP) is 4.82. The molecule has 2 aliphatic rings. The van der Waals surface area contributed by atoms with Gasteiger partial charge in [-0.2, -0.15) is 0 Å². The van der Waals surface area contributed by atoms with Crippen molar-refractivity contribution in [2.24, 2.45) is 11.8 Å². The van der Waals surface area contributed by atoms with Crippen LogP contribution in [0.2, 0.25) is 0 Å². The molecule has 0 unspecified atom stereocenters. The van der Waals surface area contributed by atoms with Crippen LogP contribution in [0.3, 0.4) is 0 Å². The standard InChI is InChI=1S/C16H29NO.Y/c1-13(18)17-16(2,14-9-5-3-6-10-14)15-11-7-4-8-12-15;/h14-15H,3-12H2,1-2H3,(H,17,18);/q;+3/p-1. The number of amides is 1. The molecule has 0 bridgehead atoms. The van der Waals surface area contributed by atoms with Gasteiger partial charge in [0.05, 0.1) is 0 Å². The number of carbonyl (C=O) groups excluding carboxylic acids is 1. The van der Waals surface area contributed by atoms with E-state index in [0.29, 0.717) is 11.8 Å². The van der Waals surface area contributed by atoms with Crippen molar-refractivity contribution in [3.63, 3.8) is 0 Å². The van der Waals surface area contributed by atoms with E-state index in [4.69, 9.17) is 0 Å². The monoisotopic (exact) mass is 339 g/mol. The average Bonchev–Trinajstić information content (AvgIpc) is 2.40. The fourth-order valence-corrected chi connectivity index (χ4v) is 4.23. The van der Waals surface area contributed by atoms with E-state index in [1.54, 1.807) is 6.92 Å². The van der Waals surface area contributed by atoms with Crippen LogP contribution in [0.25, 0.3) is 5.32 Å². The summed E-state index contributed by atoms with van der Waals surface area (Å²) < 4.78 is 0. The number of rotatable bonds is 3. The van der Waals surface area contributed by atoms with E-state index < -0.39 is 0 Å². The Kier molecular flexibility index (Phi) is 7.54. The zero-order chi connectivity index (χ0) is 13.0. The van der Waals surface area contributed by atoms with E-state index in [-0.39, 0.29) is 44.2 Å². The molecule has 0 N–H and O–H groups in total. The van der Waals surface area contributed by atoms with Gasteiger partial charge in [0.1, 0.15) is 0 Å². The van der Waals surface area contributed by atoms with Crippen molar-refractivity contribution in [1.29, 1.82) is 0 Å². The Morgan fingerprint density at radius 3 is 1.58 bits per heavy atom. The quantitative estimate of drug-likeness (QED) is 0.725. The second-order valence-corrected chi connectivity index (χ2v) is 6.53. The topological polar surface area (TPSA) is 31.2 Å². The molecule has 0 spiro atoms. The molecule has 0 aromatic carbocycles. The molecule has 0 radical (unpaired) electrons. The van der Waals surface area contributed by atoms with E-state index in [1.807, 2.05) is 0 Å². The molecule has 2 saturated carbocycles. The molecule has 0 heterocycles. The van der Waals surface area contributed by atoms with Crippen molar-refractivity contribution in [2.45, 2.75) is 83.6 Å². The third kappa shape index (κ3) is 4.53. The zero-order valence-electron chi connectivity index (χ0n) is 12.7.